The normalized spacial score (nSPS) is 10.1. The maximum atomic E-state index is 12.2. The second-order valence-corrected chi connectivity index (χ2v) is 4.59. The van der Waals surface area contributed by atoms with Crippen LogP contribution in [0.5, 0.6) is 0 Å². The Labute approximate surface area is 113 Å². The molecule has 1 amide bonds. The molecule has 1 heterocycles. The Bertz CT molecular complexity index is 576. The summed E-state index contributed by atoms with van der Waals surface area (Å²) in [6.07, 6.45) is 1.68. The Kier molecular flexibility index (Phi) is 3.80. The number of anilines is 2. The molecule has 19 heavy (non-hydrogen) atoms. The van der Waals surface area contributed by atoms with Crippen LogP contribution in [0.15, 0.2) is 42.6 Å². The van der Waals surface area contributed by atoms with Gasteiger partial charge in [0.1, 0.15) is 5.82 Å². The number of hydrogen-bond donors (Lipinski definition) is 1. The van der Waals surface area contributed by atoms with Gasteiger partial charge in [0.2, 0.25) is 0 Å². The fourth-order valence-corrected chi connectivity index (χ4v) is 1.77. The van der Waals surface area contributed by atoms with Gasteiger partial charge >= 0.3 is 0 Å². The van der Waals surface area contributed by atoms with Crippen molar-refractivity contribution in [1.29, 1.82) is 0 Å². The minimum absolute atomic E-state index is 0.152. The van der Waals surface area contributed by atoms with E-state index in [4.69, 9.17) is 0 Å². The Morgan fingerprint density at radius 2 is 1.84 bits per heavy atom. The quantitative estimate of drug-likeness (QED) is 0.917. The molecule has 0 atom stereocenters. The zero-order valence-electron chi connectivity index (χ0n) is 11.3. The van der Waals surface area contributed by atoms with Crippen molar-refractivity contribution in [2.45, 2.75) is 6.92 Å². The average molecular weight is 255 g/mol. The van der Waals surface area contributed by atoms with Crippen LogP contribution in [0.3, 0.4) is 0 Å². The summed E-state index contributed by atoms with van der Waals surface area (Å²) in [5.41, 5.74) is 2.51. The van der Waals surface area contributed by atoms with Crippen molar-refractivity contribution >= 4 is 17.4 Å². The van der Waals surface area contributed by atoms with Gasteiger partial charge in [-0.3, -0.25) is 4.79 Å². The maximum absolute atomic E-state index is 12.2. The van der Waals surface area contributed by atoms with Gasteiger partial charge in [-0.1, -0.05) is 17.7 Å². The molecule has 1 N–H and O–H groups in total. The summed E-state index contributed by atoms with van der Waals surface area (Å²) in [5.74, 6) is 0.507. The van der Waals surface area contributed by atoms with Crippen LogP contribution in [0.2, 0.25) is 0 Å². The average Bonchev–Trinajstić information content (AvgIpc) is 2.41. The molecule has 0 aliphatic rings. The molecule has 1 aromatic heterocycles. The molecule has 98 valence electrons. The lowest BCUT2D eigenvalue weighted by atomic mass is 10.2. The van der Waals surface area contributed by atoms with Crippen LogP contribution in [-0.2, 0) is 0 Å². The van der Waals surface area contributed by atoms with Crippen molar-refractivity contribution in [3.05, 3.63) is 53.7 Å². The summed E-state index contributed by atoms with van der Waals surface area (Å²) in [6.45, 7) is 2.01. The zero-order chi connectivity index (χ0) is 13.8. The molecule has 1 aromatic carbocycles. The highest BCUT2D eigenvalue weighted by molar-refractivity contribution is 6.07. The third kappa shape index (κ3) is 3.10. The third-order valence-corrected chi connectivity index (χ3v) is 2.76. The van der Waals surface area contributed by atoms with Gasteiger partial charge in [-0.05, 0) is 31.2 Å². The number of carbonyl (C=O) groups excluding carboxylic acids is 1. The lowest BCUT2D eigenvalue weighted by Crippen LogP contribution is -2.19. The number of hydrogen-bond acceptors (Lipinski definition) is 3. The van der Waals surface area contributed by atoms with Crippen molar-refractivity contribution in [3.63, 3.8) is 0 Å². The molecule has 2 aromatic rings. The standard InChI is InChI=1S/C15H17N3O/c1-11-6-8-12(9-7-11)17-15(19)13-5-4-10-16-14(13)18(2)3/h4-10H,1-3H3,(H,17,19). The highest BCUT2D eigenvalue weighted by Gasteiger charge is 2.13. The highest BCUT2D eigenvalue weighted by Crippen LogP contribution is 2.17. The van der Waals surface area contributed by atoms with Gasteiger partial charge < -0.3 is 10.2 Å². The largest absolute Gasteiger partial charge is 0.362 e. The molecule has 0 saturated heterocycles. The number of carbonyl (C=O) groups is 1. The molecule has 0 bridgehead atoms. The number of benzene rings is 1. The lowest BCUT2D eigenvalue weighted by molar-refractivity contribution is 0.102. The lowest BCUT2D eigenvalue weighted by Gasteiger charge is -2.15. The Morgan fingerprint density at radius 1 is 1.16 bits per heavy atom. The Morgan fingerprint density at radius 3 is 2.47 bits per heavy atom. The zero-order valence-corrected chi connectivity index (χ0v) is 11.3. The van der Waals surface area contributed by atoms with E-state index < -0.39 is 0 Å². The van der Waals surface area contributed by atoms with E-state index in [1.54, 1.807) is 18.3 Å². The SMILES string of the molecule is Cc1ccc(NC(=O)c2cccnc2N(C)C)cc1. The smallest absolute Gasteiger partial charge is 0.259 e. The van der Waals surface area contributed by atoms with Crippen molar-refractivity contribution in [2.24, 2.45) is 0 Å². The van der Waals surface area contributed by atoms with Crippen LogP contribution < -0.4 is 10.2 Å². The molecule has 0 unspecified atom stereocenters. The van der Waals surface area contributed by atoms with E-state index in [0.717, 1.165) is 11.3 Å². The Balaban J connectivity index is 2.23. The maximum Gasteiger partial charge on any atom is 0.259 e. The minimum Gasteiger partial charge on any atom is -0.362 e. The molecular weight excluding hydrogens is 238 g/mol. The first-order valence-electron chi connectivity index (χ1n) is 6.08. The van der Waals surface area contributed by atoms with Crippen molar-refractivity contribution in [3.8, 4) is 0 Å². The van der Waals surface area contributed by atoms with Crippen LogP contribution in [0.1, 0.15) is 15.9 Å². The van der Waals surface area contributed by atoms with E-state index in [1.807, 2.05) is 50.2 Å². The van der Waals surface area contributed by atoms with Gasteiger partial charge in [-0.15, -0.1) is 0 Å². The second-order valence-electron chi connectivity index (χ2n) is 4.59. The monoisotopic (exact) mass is 255 g/mol. The predicted molar refractivity (Wildman–Crippen MR) is 77.7 cm³/mol. The van der Waals surface area contributed by atoms with Crippen LogP contribution in [0.25, 0.3) is 0 Å². The number of pyridine rings is 1. The molecular formula is C15H17N3O. The first kappa shape index (κ1) is 13.1. The van der Waals surface area contributed by atoms with E-state index in [-0.39, 0.29) is 5.91 Å². The van der Waals surface area contributed by atoms with Crippen molar-refractivity contribution < 1.29 is 4.79 Å². The van der Waals surface area contributed by atoms with Crippen molar-refractivity contribution in [1.82, 2.24) is 4.98 Å². The number of aromatic nitrogens is 1. The van der Waals surface area contributed by atoms with Gasteiger partial charge in [0.25, 0.3) is 5.91 Å². The Hall–Kier alpha value is -2.36. The first-order chi connectivity index (χ1) is 9.08. The fourth-order valence-electron chi connectivity index (χ4n) is 1.77. The first-order valence-corrected chi connectivity index (χ1v) is 6.08. The number of aryl methyl sites for hydroxylation is 1. The molecule has 2 rings (SSSR count). The molecule has 0 fully saturated rings. The third-order valence-electron chi connectivity index (χ3n) is 2.76. The van der Waals surface area contributed by atoms with E-state index in [1.165, 1.54) is 0 Å². The summed E-state index contributed by atoms with van der Waals surface area (Å²) in [6, 6.07) is 11.2. The number of amides is 1. The molecule has 0 saturated carbocycles. The molecule has 0 spiro atoms. The number of nitrogens with one attached hydrogen (secondary N) is 1. The van der Waals surface area contributed by atoms with Crippen LogP contribution in [0.4, 0.5) is 11.5 Å². The van der Waals surface area contributed by atoms with Gasteiger partial charge in [0.05, 0.1) is 5.56 Å². The summed E-state index contributed by atoms with van der Waals surface area (Å²) in [4.78, 5) is 18.3. The van der Waals surface area contributed by atoms with Crippen molar-refractivity contribution in [2.75, 3.05) is 24.3 Å². The highest BCUT2D eigenvalue weighted by atomic mass is 16.1. The molecule has 0 aliphatic carbocycles. The predicted octanol–water partition coefficient (Wildman–Crippen LogP) is 2.71. The topological polar surface area (TPSA) is 45.2 Å². The fraction of sp³-hybridized carbons (Fsp3) is 0.200. The summed E-state index contributed by atoms with van der Waals surface area (Å²) in [7, 11) is 3.73. The van der Waals surface area contributed by atoms with Gasteiger partial charge in [-0.25, -0.2) is 4.98 Å². The molecule has 4 nitrogen and oxygen atoms in total. The number of rotatable bonds is 3. The van der Waals surface area contributed by atoms with Gasteiger partial charge in [-0.2, -0.15) is 0 Å². The summed E-state index contributed by atoms with van der Waals surface area (Å²) >= 11 is 0. The van der Waals surface area contributed by atoms with Crippen LogP contribution in [-0.4, -0.2) is 25.0 Å². The van der Waals surface area contributed by atoms with E-state index in [2.05, 4.69) is 10.3 Å². The van der Waals surface area contributed by atoms with E-state index in [9.17, 15) is 4.79 Å². The van der Waals surface area contributed by atoms with E-state index >= 15 is 0 Å². The van der Waals surface area contributed by atoms with Crippen LogP contribution in [0, 0.1) is 6.92 Å². The number of nitrogens with zero attached hydrogens (tertiary/aromatic N) is 2. The molecule has 0 aliphatic heterocycles. The van der Waals surface area contributed by atoms with Gasteiger partial charge in [0.15, 0.2) is 0 Å². The van der Waals surface area contributed by atoms with E-state index in [0.29, 0.717) is 11.4 Å². The molecule has 4 heteroatoms. The summed E-state index contributed by atoms with van der Waals surface area (Å²) in [5, 5.41) is 2.88. The van der Waals surface area contributed by atoms with Crippen LogP contribution >= 0.6 is 0 Å². The summed E-state index contributed by atoms with van der Waals surface area (Å²) < 4.78 is 0. The molecule has 0 radical (unpaired) electrons. The van der Waals surface area contributed by atoms with Gasteiger partial charge in [0, 0.05) is 26.0 Å². The second kappa shape index (κ2) is 5.52. The minimum atomic E-state index is -0.152.